The predicted octanol–water partition coefficient (Wildman–Crippen LogP) is 2.06. The zero-order valence-electron chi connectivity index (χ0n) is 10.9. The Morgan fingerprint density at radius 1 is 1.41 bits per heavy atom. The molecule has 17 heavy (non-hydrogen) atoms. The summed E-state index contributed by atoms with van der Waals surface area (Å²) < 4.78 is 0. The lowest BCUT2D eigenvalue weighted by Gasteiger charge is -2.32. The van der Waals surface area contributed by atoms with Gasteiger partial charge in [-0.2, -0.15) is 0 Å². The number of nitrogens with one attached hydrogen (secondary N) is 1. The molecule has 1 aliphatic carbocycles. The van der Waals surface area contributed by atoms with Crippen molar-refractivity contribution in [2.45, 2.75) is 45.6 Å². The van der Waals surface area contributed by atoms with E-state index in [9.17, 15) is 0 Å². The first-order valence-corrected chi connectivity index (χ1v) is 6.39. The minimum absolute atomic E-state index is 0.409. The normalized spacial score (nSPS) is 23.6. The van der Waals surface area contributed by atoms with Crippen LogP contribution in [0.2, 0.25) is 0 Å². The Morgan fingerprint density at radius 2 is 2.12 bits per heavy atom. The molecule has 1 fully saturated rings. The van der Waals surface area contributed by atoms with Crippen molar-refractivity contribution >= 4 is 5.95 Å². The molecule has 1 heterocycles. The van der Waals surface area contributed by atoms with Crippen molar-refractivity contribution in [3.63, 3.8) is 0 Å². The zero-order chi connectivity index (χ0) is 12.4. The summed E-state index contributed by atoms with van der Waals surface area (Å²) in [7, 11) is 0. The lowest BCUT2D eigenvalue weighted by atomic mass is 9.81. The summed E-state index contributed by atoms with van der Waals surface area (Å²) in [6.45, 7) is 7.25. The van der Waals surface area contributed by atoms with Gasteiger partial charge in [0.25, 0.3) is 0 Å². The van der Waals surface area contributed by atoms with Crippen LogP contribution < -0.4 is 11.1 Å². The highest BCUT2D eigenvalue weighted by atomic mass is 15.1. The molecule has 0 bridgehead atoms. The first-order valence-electron chi connectivity index (χ1n) is 6.39. The lowest BCUT2D eigenvalue weighted by molar-refractivity contribution is 0.279. The fourth-order valence-electron chi connectivity index (χ4n) is 2.16. The SMILES string of the molecule is Cc1cc(C(C)C)nc(NCC2CC(N)C2)n1. The van der Waals surface area contributed by atoms with E-state index in [4.69, 9.17) is 5.73 Å². The van der Waals surface area contributed by atoms with Crippen LogP contribution in [-0.2, 0) is 0 Å². The van der Waals surface area contributed by atoms with Crippen LogP contribution in [0.25, 0.3) is 0 Å². The van der Waals surface area contributed by atoms with Gasteiger partial charge in [-0.15, -0.1) is 0 Å². The number of aryl methyl sites for hydroxylation is 1. The average molecular weight is 234 g/mol. The highest BCUT2D eigenvalue weighted by Gasteiger charge is 2.25. The Hall–Kier alpha value is -1.16. The molecule has 1 aromatic rings. The molecule has 94 valence electrons. The van der Waals surface area contributed by atoms with E-state index in [0.29, 0.717) is 17.9 Å². The highest BCUT2D eigenvalue weighted by molar-refractivity contribution is 5.29. The van der Waals surface area contributed by atoms with Gasteiger partial charge >= 0.3 is 0 Å². The van der Waals surface area contributed by atoms with Gasteiger partial charge in [0.2, 0.25) is 5.95 Å². The summed E-state index contributed by atoms with van der Waals surface area (Å²) >= 11 is 0. The van der Waals surface area contributed by atoms with Crippen LogP contribution in [-0.4, -0.2) is 22.6 Å². The smallest absolute Gasteiger partial charge is 0.223 e. The molecule has 0 aromatic carbocycles. The number of nitrogens with two attached hydrogens (primary N) is 1. The largest absolute Gasteiger partial charge is 0.354 e. The third kappa shape index (κ3) is 3.16. The van der Waals surface area contributed by atoms with Crippen LogP contribution in [0.5, 0.6) is 0 Å². The maximum absolute atomic E-state index is 5.77. The fourth-order valence-corrected chi connectivity index (χ4v) is 2.16. The maximum Gasteiger partial charge on any atom is 0.223 e. The first-order chi connectivity index (χ1) is 8.04. The molecule has 0 spiro atoms. The standard InChI is InChI=1S/C13H22N4/c1-8(2)12-4-9(3)16-13(17-12)15-7-10-5-11(14)6-10/h4,8,10-11H,5-7,14H2,1-3H3,(H,15,16,17). The molecule has 4 heteroatoms. The number of aromatic nitrogens is 2. The second-order valence-electron chi connectivity index (χ2n) is 5.39. The Bertz CT molecular complexity index is 383. The molecule has 1 saturated carbocycles. The Balaban J connectivity index is 1.95. The van der Waals surface area contributed by atoms with Crippen molar-refractivity contribution in [1.82, 2.24) is 9.97 Å². The molecule has 0 unspecified atom stereocenters. The zero-order valence-corrected chi connectivity index (χ0v) is 10.9. The summed E-state index contributed by atoms with van der Waals surface area (Å²) in [6, 6.07) is 2.46. The van der Waals surface area contributed by atoms with Crippen LogP contribution >= 0.6 is 0 Å². The fraction of sp³-hybridized carbons (Fsp3) is 0.692. The van der Waals surface area contributed by atoms with Gasteiger partial charge in [0.1, 0.15) is 0 Å². The highest BCUT2D eigenvalue weighted by Crippen LogP contribution is 2.25. The second-order valence-corrected chi connectivity index (χ2v) is 5.39. The van der Waals surface area contributed by atoms with Crippen LogP contribution in [0.15, 0.2) is 6.07 Å². The quantitative estimate of drug-likeness (QED) is 0.837. The molecule has 0 atom stereocenters. The maximum atomic E-state index is 5.77. The van der Waals surface area contributed by atoms with Crippen molar-refractivity contribution in [3.05, 3.63) is 17.5 Å². The van der Waals surface area contributed by atoms with Crippen molar-refractivity contribution in [2.24, 2.45) is 11.7 Å². The Kier molecular flexibility index (Phi) is 3.62. The van der Waals surface area contributed by atoms with E-state index >= 15 is 0 Å². The van der Waals surface area contributed by atoms with Gasteiger partial charge < -0.3 is 11.1 Å². The molecule has 0 aliphatic heterocycles. The third-order valence-corrected chi connectivity index (χ3v) is 3.29. The monoisotopic (exact) mass is 234 g/mol. The molecule has 0 saturated heterocycles. The minimum atomic E-state index is 0.409. The van der Waals surface area contributed by atoms with Crippen LogP contribution in [0.1, 0.15) is 44.0 Å². The predicted molar refractivity (Wildman–Crippen MR) is 70.0 cm³/mol. The van der Waals surface area contributed by atoms with Gasteiger partial charge in [-0.25, -0.2) is 9.97 Å². The minimum Gasteiger partial charge on any atom is -0.354 e. The van der Waals surface area contributed by atoms with Gasteiger partial charge in [0, 0.05) is 24.0 Å². The van der Waals surface area contributed by atoms with E-state index in [1.54, 1.807) is 0 Å². The molecule has 0 amide bonds. The molecule has 3 N–H and O–H groups in total. The topological polar surface area (TPSA) is 63.8 Å². The summed E-state index contributed by atoms with van der Waals surface area (Å²) in [5.74, 6) is 1.89. The van der Waals surface area contributed by atoms with E-state index in [2.05, 4.69) is 35.2 Å². The van der Waals surface area contributed by atoms with Crippen LogP contribution in [0, 0.1) is 12.8 Å². The molecular formula is C13H22N4. The molecular weight excluding hydrogens is 212 g/mol. The summed E-state index contributed by atoms with van der Waals surface area (Å²) in [6.07, 6.45) is 2.24. The Labute approximate surface area is 103 Å². The number of hydrogen-bond acceptors (Lipinski definition) is 4. The number of rotatable bonds is 4. The lowest BCUT2D eigenvalue weighted by Crippen LogP contribution is -2.39. The number of hydrogen-bond donors (Lipinski definition) is 2. The summed E-state index contributed by atoms with van der Waals surface area (Å²) in [5, 5.41) is 3.33. The van der Waals surface area contributed by atoms with Crippen molar-refractivity contribution < 1.29 is 0 Å². The van der Waals surface area contributed by atoms with Crippen LogP contribution in [0.3, 0.4) is 0 Å². The van der Waals surface area contributed by atoms with Crippen LogP contribution in [0.4, 0.5) is 5.95 Å². The molecule has 4 nitrogen and oxygen atoms in total. The van der Waals surface area contributed by atoms with Gasteiger partial charge in [0.15, 0.2) is 0 Å². The number of anilines is 1. The summed E-state index contributed by atoms with van der Waals surface area (Å²) in [4.78, 5) is 8.94. The van der Waals surface area contributed by atoms with E-state index in [0.717, 1.165) is 36.7 Å². The summed E-state index contributed by atoms with van der Waals surface area (Å²) in [5.41, 5.74) is 7.89. The van der Waals surface area contributed by atoms with Gasteiger partial charge in [0.05, 0.1) is 0 Å². The van der Waals surface area contributed by atoms with E-state index < -0.39 is 0 Å². The first kappa shape index (κ1) is 12.3. The van der Waals surface area contributed by atoms with E-state index in [-0.39, 0.29) is 0 Å². The van der Waals surface area contributed by atoms with Crippen molar-refractivity contribution in [2.75, 3.05) is 11.9 Å². The van der Waals surface area contributed by atoms with Crippen molar-refractivity contribution in [1.29, 1.82) is 0 Å². The molecule has 1 aromatic heterocycles. The molecule has 0 radical (unpaired) electrons. The van der Waals surface area contributed by atoms with E-state index in [1.807, 2.05) is 6.92 Å². The van der Waals surface area contributed by atoms with Crippen molar-refractivity contribution in [3.8, 4) is 0 Å². The molecule has 1 aliphatic rings. The average Bonchev–Trinajstić information content (AvgIpc) is 2.22. The van der Waals surface area contributed by atoms with E-state index in [1.165, 1.54) is 0 Å². The number of nitrogens with zero attached hydrogens (tertiary/aromatic N) is 2. The molecule has 2 rings (SSSR count). The van der Waals surface area contributed by atoms with Gasteiger partial charge in [-0.1, -0.05) is 13.8 Å². The van der Waals surface area contributed by atoms with Gasteiger partial charge in [-0.3, -0.25) is 0 Å². The second kappa shape index (κ2) is 5.00. The third-order valence-electron chi connectivity index (χ3n) is 3.29. The van der Waals surface area contributed by atoms with Gasteiger partial charge in [-0.05, 0) is 37.7 Å². The Morgan fingerprint density at radius 3 is 2.71 bits per heavy atom.